The average Bonchev–Trinajstić information content (AvgIpc) is 2.52. The maximum absolute atomic E-state index is 12.9. The summed E-state index contributed by atoms with van der Waals surface area (Å²) in [5.41, 5.74) is -0.527. The molecule has 2 aromatic rings. The molecule has 2 aromatic carbocycles. The molecule has 1 aliphatic rings. The molecule has 0 radical (unpaired) electrons. The molecule has 26 heavy (non-hydrogen) atoms. The average molecular weight is 456 g/mol. The smallest absolute Gasteiger partial charge is 0.265 e. The van der Waals surface area contributed by atoms with Gasteiger partial charge in [-0.25, -0.2) is 16.8 Å². The standard InChI is InChI=1S/C14H5Cl3O7S2/c15-13(18)6-1-2-8-9(3-6)25(20,21)10-4-7(14(16)19)5-11(12(10)24-8)26(17,22)23/h1-5H. The van der Waals surface area contributed by atoms with Crippen LogP contribution in [-0.2, 0) is 18.9 Å². The van der Waals surface area contributed by atoms with Crippen molar-refractivity contribution in [2.45, 2.75) is 14.7 Å². The Labute approximate surface area is 161 Å². The predicted molar refractivity (Wildman–Crippen MR) is 91.8 cm³/mol. The number of hydrogen-bond acceptors (Lipinski definition) is 7. The Morgan fingerprint density at radius 2 is 1.50 bits per heavy atom. The van der Waals surface area contributed by atoms with E-state index in [1.165, 1.54) is 6.07 Å². The molecule has 12 heteroatoms. The summed E-state index contributed by atoms with van der Waals surface area (Å²) in [7, 11) is -3.50. The first-order valence-corrected chi connectivity index (χ1v) is 11.1. The van der Waals surface area contributed by atoms with Crippen molar-refractivity contribution in [2.75, 3.05) is 0 Å². The summed E-state index contributed by atoms with van der Waals surface area (Å²) in [5.74, 6) is -0.801. The Morgan fingerprint density at radius 3 is 2.04 bits per heavy atom. The van der Waals surface area contributed by atoms with Crippen LogP contribution < -0.4 is 4.74 Å². The summed E-state index contributed by atoms with van der Waals surface area (Å²) in [6.07, 6.45) is 0. The number of sulfone groups is 1. The van der Waals surface area contributed by atoms with Crippen LogP contribution in [0.25, 0.3) is 0 Å². The van der Waals surface area contributed by atoms with Gasteiger partial charge in [0.25, 0.3) is 19.5 Å². The van der Waals surface area contributed by atoms with Crippen LogP contribution in [0.4, 0.5) is 0 Å². The summed E-state index contributed by atoms with van der Waals surface area (Å²) in [5, 5.41) is -2.00. The molecule has 136 valence electrons. The summed E-state index contributed by atoms with van der Waals surface area (Å²) >= 11 is 10.7. The SMILES string of the molecule is O=C(Cl)c1ccc2c(c1)S(=O)(=O)c1cc(C(=O)Cl)cc(S(=O)(=O)Cl)c1O2. The van der Waals surface area contributed by atoms with Gasteiger partial charge in [-0.2, -0.15) is 0 Å². The van der Waals surface area contributed by atoms with Gasteiger partial charge in [0.05, 0.1) is 0 Å². The Hall–Kier alpha value is -1.65. The fourth-order valence-electron chi connectivity index (χ4n) is 2.32. The van der Waals surface area contributed by atoms with Gasteiger partial charge in [-0.05, 0) is 53.5 Å². The molecule has 3 rings (SSSR count). The number of halogens is 3. The van der Waals surface area contributed by atoms with Crippen molar-refractivity contribution in [3.8, 4) is 11.5 Å². The fourth-order valence-corrected chi connectivity index (χ4v) is 5.17. The maximum atomic E-state index is 12.9. The van der Waals surface area contributed by atoms with Crippen LogP contribution >= 0.6 is 33.9 Å². The fraction of sp³-hybridized carbons (Fsp3) is 0. The van der Waals surface area contributed by atoms with E-state index in [0.717, 1.165) is 24.3 Å². The molecule has 0 aromatic heterocycles. The van der Waals surface area contributed by atoms with E-state index in [9.17, 15) is 26.4 Å². The Bertz CT molecular complexity index is 1200. The maximum Gasteiger partial charge on any atom is 0.265 e. The first-order chi connectivity index (χ1) is 11.9. The molecule has 0 fully saturated rings. The van der Waals surface area contributed by atoms with E-state index in [1.807, 2.05) is 0 Å². The van der Waals surface area contributed by atoms with Gasteiger partial charge in [0, 0.05) is 21.8 Å². The Balaban J connectivity index is 2.41. The number of ether oxygens (including phenoxy) is 1. The van der Waals surface area contributed by atoms with Crippen LogP contribution in [0.2, 0.25) is 0 Å². The first kappa shape index (κ1) is 19.1. The zero-order valence-corrected chi connectivity index (χ0v) is 16.1. The topological polar surface area (TPSA) is 112 Å². The lowest BCUT2D eigenvalue weighted by Crippen LogP contribution is -2.15. The van der Waals surface area contributed by atoms with Crippen molar-refractivity contribution in [2.24, 2.45) is 0 Å². The largest absolute Gasteiger partial charge is 0.453 e. The third kappa shape index (κ3) is 3.10. The Morgan fingerprint density at radius 1 is 0.923 bits per heavy atom. The summed E-state index contributed by atoms with van der Waals surface area (Å²) in [4.78, 5) is 20.9. The normalized spacial score (nSPS) is 14.7. The highest BCUT2D eigenvalue weighted by Crippen LogP contribution is 2.47. The molecule has 0 saturated carbocycles. The number of carbonyl (C=O) groups excluding carboxylic acids is 2. The first-order valence-electron chi connectivity index (χ1n) is 6.52. The molecule has 0 N–H and O–H groups in total. The van der Waals surface area contributed by atoms with E-state index in [-0.39, 0.29) is 11.3 Å². The molecule has 0 aliphatic carbocycles. The van der Waals surface area contributed by atoms with Crippen molar-refractivity contribution in [1.82, 2.24) is 0 Å². The van der Waals surface area contributed by atoms with Crippen molar-refractivity contribution < 1.29 is 31.2 Å². The minimum Gasteiger partial charge on any atom is -0.453 e. The molecular formula is C14H5Cl3O7S2. The molecule has 0 bridgehead atoms. The predicted octanol–water partition coefficient (Wildman–Crippen LogP) is 3.31. The second-order valence-corrected chi connectivity index (χ2v) is 10.2. The van der Waals surface area contributed by atoms with Gasteiger partial charge in [-0.1, -0.05) is 0 Å². The van der Waals surface area contributed by atoms with Gasteiger partial charge in [-0.3, -0.25) is 9.59 Å². The number of benzene rings is 2. The monoisotopic (exact) mass is 454 g/mol. The third-order valence-corrected chi connectivity index (χ3v) is 7.02. The van der Waals surface area contributed by atoms with Crippen molar-refractivity contribution in [3.05, 3.63) is 41.5 Å². The van der Waals surface area contributed by atoms with Gasteiger partial charge in [-0.15, -0.1) is 0 Å². The highest BCUT2D eigenvalue weighted by molar-refractivity contribution is 8.13. The second kappa shape index (κ2) is 6.21. The van der Waals surface area contributed by atoms with Crippen LogP contribution in [0, 0.1) is 0 Å². The summed E-state index contributed by atoms with van der Waals surface area (Å²) in [6, 6.07) is 5.02. The Kier molecular flexibility index (Phi) is 4.56. The molecule has 0 saturated heterocycles. The number of hydrogen-bond donors (Lipinski definition) is 0. The minimum atomic E-state index is -4.48. The summed E-state index contributed by atoms with van der Waals surface area (Å²) in [6.45, 7) is 0. The minimum absolute atomic E-state index is 0.115. The zero-order chi connectivity index (χ0) is 19.4. The van der Waals surface area contributed by atoms with Crippen molar-refractivity contribution in [3.63, 3.8) is 0 Å². The van der Waals surface area contributed by atoms with Crippen molar-refractivity contribution in [1.29, 1.82) is 0 Å². The number of rotatable bonds is 3. The molecule has 1 heterocycles. The van der Waals surface area contributed by atoms with Gasteiger partial charge >= 0.3 is 0 Å². The number of fused-ring (bicyclic) bond motifs is 2. The van der Waals surface area contributed by atoms with Crippen LogP contribution in [0.5, 0.6) is 11.5 Å². The van der Waals surface area contributed by atoms with E-state index in [2.05, 4.69) is 0 Å². The molecule has 0 atom stereocenters. The lowest BCUT2D eigenvalue weighted by molar-refractivity contribution is 0.107. The lowest BCUT2D eigenvalue weighted by atomic mass is 10.2. The van der Waals surface area contributed by atoms with Crippen LogP contribution in [0.15, 0.2) is 45.0 Å². The van der Waals surface area contributed by atoms with Gasteiger partial charge in [0.15, 0.2) is 5.75 Å². The highest BCUT2D eigenvalue weighted by atomic mass is 35.7. The molecule has 0 amide bonds. The van der Waals surface area contributed by atoms with Gasteiger partial charge in [0.2, 0.25) is 9.84 Å². The van der Waals surface area contributed by atoms with Crippen LogP contribution in [0.1, 0.15) is 20.7 Å². The van der Waals surface area contributed by atoms with E-state index in [1.54, 1.807) is 0 Å². The quantitative estimate of drug-likeness (QED) is 0.557. The summed E-state index contributed by atoms with van der Waals surface area (Å²) < 4.78 is 54.8. The molecular weight excluding hydrogens is 451 g/mol. The molecule has 1 aliphatic heterocycles. The van der Waals surface area contributed by atoms with Gasteiger partial charge < -0.3 is 4.74 Å². The molecule has 0 unspecified atom stereocenters. The zero-order valence-electron chi connectivity index (χ0n) is 12.2. The van der Waals surface area contributed by atoms with Crippen LogP contribution in [-0.4, -0.2) is 27.3 Å². The third-order valence-electron chi connectivity index (χ3n) is 3.47. The van der Waals surface area contributed by atoms with E-state index in [4.69, 9.17) is 38.6 Å². The highest BCUT2D eigenvalue weighted by Gasteiger charge is 2.37. The van der Waals surface area contributed by atoms with Crippen molar-refractivity contribution >= 4 is 63.3 Å². The van der Waals surface area contributed by atoms with E-state index in [0.29, 0.717) is 0 Å². The van der Waals surface area contributed by atoms with E-state index < -0.39 is 55.4 Å². The van der Waals surface area contributed by atoms with Gasteiger partial charge in [0.1, 0.15) is 20.4 Å². The van der Waals surface area contributed by atoms with E-state index >= 15 is 0 Å². The molecule has 0 spiro atoms. The lowest BCUT2D eigenvalue weighted by Gasteiger charge is -2.22. The number of carbonyl (C=O) groups is 2. The molecule has 7 nitrogen and oxygen atoms in total. The van der Waals surface area contributed by atoms with Crippen LogP contribution in [0.3, 0.4) is 0 Å². The second-order valence-electron chi connectivity index (χ2n) is 5.05.